The van der Waals surface area contributed by atoms with Gasteiger partial charge in [0.25, 0.3) is 0 Å². The molecule has 30 heavy (non-hydrogen) atoms. The zero-order valence-electron chi connectivity index (χ0n) is 16.7. The van der Waals surface area contributed by atoms with E-state index in [9.17, 15) is 0 Å². The van der Waals surface area contributed by atoms with E-state index in [0.29, 0.717) is 5.95 Å². The van der Waals surface area contributed by atoms with Gasteiger partial charge in [-0.05, 0) is 30.7 Å². The molecule has 0 aliphatic rings. The lowest BCUT2D eigenvalue weighted by Crippen LogP contribution is -2.03. The number of rotatable bonds is 5. The molecule has 0 amide bonds. The van der Waals surface area contributed by atoms with E-state index in [4.69, 9.17) is 0 Å². The predicted molar refractivity (Wildman–Crippen MR) is 114 cm³/mol. The van der Waals surface area contributed by atoms with Crippen LogP contribution in [0.2, 0.25) is 0 Å². The third-order valence-electron chi connectivity index (χ3n) is 4.98. The third-order valence-corrected chi connectivity index (χ3v) is 4.98. The molecular weight excluding hydrogens is 376 g/mol. The normalized spacial score (nSPS) is 11.1. The van der Waals surface area contributed by atoms with Crippen LogP contribution in [0.15, 0.2) is 67.1 Å². The van der Waals surface area contributed by atoms with Crippen molar-refractivity contribution < 1.29 is 0 Å². The number of aryl methyl sites for hydroxylation is 2. The van der Waals surface area contributed by atoms with Crippen LogP contribution in [0.25, 0.3) is 16.9 Å². The minimum atomic E-state index is 0.512. The summed E-state index contributed by atoms with van der Waals surface area (Å²) in [5.74, 6) is 2.24. The molecule has 1 aromatic carbocycles. The van der Waals surface area contributed by atoms with Crippen molar-refractivity contribution in [2.75, 3.05) is 5.32 Å². The van der Waals surface area contributed by atoms with E-state index in [0.717, 1.165) is 35.0 Å². The first kappa shape index (κ1) is 18.0. The minimum absolute atomic E-state index is 0.512. The zero-order valence-corrected chi connectivity index (χ0v) is 16.7. The van der Waals surface area contributed by atoms with E-state index >= 15 is 0 Å². The monoisotopic (exact) mass is 396 g/mol. The molecule has 5 rings (SSSR count). The van der Waals surface area contributed by atoms with Gasteiger partial charge >= 0.3 is 0 Å². The molecule has 4 aromatic heterocycles. The second-order valence-electron chi connectivity index (χ2n) is 7.15. The Morgan fingerprint density at radius 2 is 1.83 bits per heavy atom. The lowest BCUT2D eigenvalue weighted by molar-refractivity contribution is 0.775. The van der Waals surface area contributed by atoms with Gasteiger partial charge < -0.3 is 5.32 Å². The summed E-state index contributed by atoms with van der Waals surface area (Å²) in [7, 11) is 1.86. The number of nitrogens with one attached hydrogen (secondary N) is 1. The summed E-state index contributed by atoms with van der Waals surface area (Å²) in [6, 6.07) is 16.2. The highest BCUT2D eigenvalue weighted by atomic mass is 15.3. The van der Waals surface area contributed by atoms with E-state index in [1.54, 1.807) is 17.1 Å². The smallest absolute Gasteiger partial charge is 0.228 e. The van der Waals surface area contributed by atoms with Gasteiger partial charge in [-0.3, -0.25) is 9.08 Å². The fourth-order valence-electron chi connectivity index (χ4n) is 3.30. The van der Waals surface area contributed by atoms with Crippen molar-refractivity contribution in [1.82, 2.24) is 34.3 Å². The van der Waals surface area contributed by atoms with Gasteiger partial charge in [0.2, 0.25) is 5.95 Å². The number of hydrogen-bond donors (Lipinski definition) is 1. The predicted octanol–water partition coefficient (Wildman–Crippen LogP) is 3.56. The van der Waals surface area contributed by atoms with Crippen molar-refractivity contribution in [1.29, 1.82) is 0 Å². The van der Waals surface area contributed by atoms with Crippen molar-refractivity contribution in [3.05, 3.63) is 84.1 Å². The van der Waals surface area contributed by atoms with Crippen LogP contribution in [0.1, 0.15) is 17.0 Å². The van der Waals surface area contributed by atoms with E-state index in [2.05, 4.69) is 61.8 Å². The summed E-state index contributed by atoms with van der Waals surface area (Å²) in [4.78, 5) is 8.93. The molecule has 0 saturated heterocycles. The first-order chi connectivity index (χ1) is 14.7. The molecule has 5 aromatic rings. The SMILES string of the molecule is Cc1ccc(Cc2nnc3cc(-c4ccnc(Nc5ccnn5C)n4)ccn23)cc1. The van der Waals surface area contributed by atoms with Gasteiger partial charge in [-0.15, -0.1) is 10.2 Å². The number of fused-ring (bicyclic) bond motifs is 1. The van der Waals surface area contributed by atoms with E-state index in [1.165, 1.54) is 11.1 Å². The Morgan fingerprint density at radius 1 is 0.967 bits per heavy atom. The highest BCUT2D eigenvalue weighted by molar-refractivity contribution is 5.65. The summed E-state index contributed by atoms with van der Waals surface area (Å²) in [5, 5.41) is 16.1. The maximum atomic E-state index is 4.63. The van der Waals surface area contributed by atoms with Gasteiger partial charge in [0.1, 0.15) is 11.6 Å². The Hall–Kier alpha value is -4.07. The van der Waals surface area contributed by atoms with Crippen LogP contribution in [0.5, 0.6) is 0 Å². The first-order valence-corrected chi connectivity index (χ1v) is 9.63. The second kappa shape index (κ2) is 7.40. The van der Waals surface area contributed by atoms with Crippen molar-refractivity contribution in [3.8, 4) is 11.3 Å². The average molecular weight is 396 g/mol. The first-order valence-electron chi connectivity index (χ1n) is 9.63. The lowest BCUT2D eigenvalue weighted by atomic mass is 10.1. The molecule has 0 aliphatic carbocycles. The molecule has 0 unspecified atom stereocenters. The summed E-state index contributed by atoms with van der Waals surface area (Å²) < 4.78 is 3.74. The largest absolute Gasteiger partial charge is 0.309 e. The Kier molecular flexibility index (Phi) is 4.44. The van der Waals surface area contributed by atoms with Crippen molar-refractivity contribution in [2.45, 2.75) is 13.3 Å². The van der Waals surface area contributed by atoms with Crippen molar-refractivity contribution in [3.63, 3.8) is 0 Å². The number of anilines is 2. The molecule has 0 bridgehead atoms. The maximum absolute atomic E-state index is 4.63. The molecule has 0 radical (unpaired) electrons. The number of nitrogens with zero attached hydrogens (tertiary/aromatic N) is 7. The summed E-state index contributed by atoms with van der Waals surface area (Å²) in [6.45, 7) is 2.09. The molecule has 0 fully saturated rings. The van der Waals surface area contributed by atoms with Crippen LogP contribution in [0.4, 0.5) is 11.8 Å². The lowest BCUT2D eigenvalue weighted by Gasteiger charge is -2.07. The number of hydrogen-bond acceptors (Lipinski definition) is 6. The molecule has 8 nitrogen and oxygen atoms in total. The van der Waals surface area contributed by atoms with Gasteiger partial charge in [0, 0.05) is 37.5 Å². The molecule has 0 atom stereocenters. The van der Waals surface area contributed by atoms with Gasteiger partial charge in [-0.2, -0.15) is 5.10 Å². The van der Waals surface area contributed by atoms with Crippen LogP contribution in [0, 0.1) is 6.92 Å². The zero-order chi connectivity index (χ0) is 20.5. The molecule has 0 saturated carbocycles. The molecule has 1 N–H and O–H groups in total. The molecule has 8 heteroatoms. The Labute approximate surface area is 173 Å². The minimum Gasteiger partial charge on any atom is -0.309 e. The van der Waals surface area contributed by atoms with Gasteiger partial charge in [0.15, 0.2) is 5.65 Å². The highest BCUT2D eigenvalue weighted by Gasteiger charge is 2.10. The maximum Gasteiger partial charge on any atom is 0.228 e. The second-order valence-corrected chi connectivity index (χ2v) is 7.15. The van der Waals surface area contributed by atoms with E-state index < -0.39 is 0 Å². The van der Waals surface area contributed by atoms with Crippen LogP contribution < -0.4 is 5.32 Å². The van der Waals surface area contributed by atoms with Gasteiger partial charge in [0.05, 0.1) is 11.9 Å². The number of aromatic nitrogens is 7. The molecular formula is C22H20N8. The van der Waals surface area contributed by atoms with Crippen LogP contribution >= 0.6 is 0 Å². The number of benzene rings is 1. The van der Waals surface area contributed by atoms with E-state index in [1.807, 2.05) is 41.9 Å². The molecule has 0 aliphatic heterocycles. The topological polar surface area (TPSA) is 85.8 Å². The van der Waals surface area contributed by atoms with Crippen molar-refractivity contribution in [2.24, 2.45) is 7.05 Å². The van der Waals surface area contributed by atoms with Crippen molar-refractivity contribution >= 4 is 17.4 Å². The number of pyridine rings is 1. The molecule has 148 valence electrons. The Morgan fingerprint density at radius 3 is 2.63 bits per heavy atom. The standard InChI is InChI=1S/C22H20N8/c1-15-3-5-16(6-4-15)13-20-27-28-21-14-17(9-12-30(20)21)18-7-10-23-22(25-18)26-19-8-11-24-29(19)2/h3-12,14H,13H2,1-2H3,(H,23,25,26). The Balaban J connectivity index is 1.42. The van der Waals surface area contributed by atoms with E-state index in [-0.39, 0.29) is 0 Å². The Bertz CT molecular complexity index is 1320. The van der Waals surface area contributed by atoms with Crippen LogP contribution in [-0.4, -0.2) is 34.3 Å². The fraction of sp³-hybridized carbons (Fsp3) is 0.136. The summed E-state index contributed by atoms with van der Waals surface area (Å²) in [6.07, 6.45) is 6.18. The van der Waals surface area contributed by atoms with Gasteiger partial charge in [-0.1, -0.05) is 29.8 Å². The summed E-state index contributed by atoms with van der Waals surface area (Å²) >= 11 is 0. The molecule has 0 spiro atoms. The quantitative estimate of drug-likeness (QED) is 0.489. The van der Waals surface area contributed by atoms with Crippen LogP contribution in [0.3, 0.4) is 0 Å². The van der Waals surface area contributed by atoms with Crippen LogP contribution in [-0.2, 0) is 13.5 Å². The third kappa shape index (κ3) is 3.50. The van der Waals surface area contributed by atoms with Gasteiger partial charge in [-0.25, -0.2) is 9.97 Å². The fourth-order valence-corrected chi connectivity index (χ4v) is 3.30. The highest BCUT2D eigenvalue weighted by Crippen LogP contribution is 2.21. The molecule has 4 heterocycles. The summed E-state index contributed by atoms with van der Waals surface area (Å²) in [5.41, 5.74) is 5.00. The average Bonchev–Trinajstić information content (AvgIpc) is 3.35.